The van der Waals surface area contributed by atoms with E-state index in [0.717, 1.165) is 49.5 Å². The summed E-state index contributed by atoms with van der Waals surface area (Å²) in [5, 5.41) is 6.61. The summed E-state index contributed by atoms with van der Waals surface area (Å²) in [4.78, 5) is 24.1. The van der Waals surface area contributed by atoms with E-state index in [4.69, 9.17) is 23.9 Å². The van der Waals surface area contributed by atoms with Crippen molar-refractivity contribution in [2.45, 2.75) is 73.6 Å². The first-order valence-electron chi connectivity index (χ1n) is 12.7. The highest BCUT2D eigenvalue weighted by atomic mass is 32.1. The van der Waals surface area contributed by atoms with Gasteiger partial charge in [-0.2, -0.15) is 0 Å². The summed E-state index contributed by atoms with van der Waals surface area (Å²) in [6, 6.07) is 8.31. The number of nitrogens with zero attached hydrogens (tertiary/aromatic N) is 2. The molecule has 0 atom stereocenters. The fourth-order valence-corrected chi connectivity index (χ4v) is 5.71. The molecule has 3 aromatic heterocycles. The van der Waals surface area contributed by atoms with Crippen LogP contribution < -0.4 is 10.1 Å². The molecule has 0 fully saturated rings. The Balaban J connectivity index is 1.33. The number of ether oxygens (including phenoxy) is 2. The van der Waals surface area contributed by atoms with Gasteiger partial charge in [0, 0.05) is 29.8 Å². The lowest BCUT2D eigenvalue weighted by Crippen LogP contribution is -2.40. The van der Waals surface area contributed by atoms with Crippen molar-refractivity contribution in [2.75, 3.05) is 6.61 Å². The third-order valence-electron chi connectivity index (χ3n) is 6.04. The van der Waals surface area contributed by atoms with Crippen LogP contribution in [0.2, 0.25) is 0 Å². The van der Waals surface area contributed by atoms with Crippen LogP contribution in [0.3, 0.4) is 0 Å². The van der Waals surface area contributed by atoms with Crippen LogP contribution in [-0.2, 0) is 29.0 Å². The van der Waals surface area contributed by atoms with E-state index in [1.54, 1.807) is 43.4 Å². The summed E-state index contributed by atoms with van der Waals surface area (Å²) in [5.41, 5.74) is 3.98. The summed E-state index contributed by atoms with van der Waals surface area (Å²) < 4.78 is 17.1. The van der Waals surface area contributed by atoms with Crippen molar-refractivity contribution in [3.63, 3.8) is 0 Å². The standard InChI is InChI=1S/C29H35N3O4S2/c1-8-34-28(33)29(6,7)36-26-17(2)11-21(12-18(26)3)14-30-15-25-31-22(16-37-25)13-23-20(5)35-27(32-23)24-10-9-19(4)38-24/h9-12,16,30H,8,13-15H2,1-7H3. The Morgan fingerprint density at radius 1 is 1.08 bits per heavy atom. The molecule has 38 heavy (non-hydrogen) atoms. The van der Waals surface area contributed by atoms with E-state index in [9.17, 15) is 4.79 Å². The highest BCUT2D eigenvalue weighted by Crippen LogP contribution is 2.30. The van der Waals surface area contributed by atoms with Crippen molar-refractivity contribution in [1.29, 1.82) is 0 Å². The second-order valence-electron chi connectivity index (χ2n) is 9.84. The molecule has 0 aliphatic heterocycles. The Hall–Kier alpha value is -3.01. The van der Waals surface area contributed by atoms with Gasteiger partial charge < -0.3 is 19.2 Å². The number of carbonyl (C=O) groups excluding carboxylic acids is 1. The molecule has 7 nitrogen and oxygen atoms in total. The Kier molecular flexibility index (Phi) is 8.70. The SMILES string of the molecule is CCOC(=O)C(C)(C)Oc1c(C)cc(CNCc2nc(Cc3nc(-c4ccc(C)s4)oc3C)cs2)cc1C. The topological polar surface area (TPSA) is 86.5 Å². The zero-order chi connectivity index (χ0) is 27.4. The molecule has 0 radical (unpaired) electrons. The number of aromatic nitrogens is 2. The number of oxazole rings is 1. The van der Waals surface area contributed by atoms with Crippen LogP contribution in [0.4, 0.5) is 0 Å². The molecule has 1 aromatic carbocycles. The van der Waals surface area contributed by atoms with Gasteiger partial charge in [-0.15, -0.1) is 22.7 Å². The van der Waals surface area contributed by atoms with E-state index in [-0.39, 0.29) is 5.97 Å². The van der Waals surface area contributed by atoms with E-state index in [1.165, 1.54) is 4.88 Å². The maximum absolute atomic E-state index is 12.2. The number of esters is 1. The van der Waals surface area contributed by atoms with Crippen molar-refractivity contribution >= 4 is 28.6 Å². The number of thiophene rings is 1. The summed E-state index contributed by atoms with van der Waals surface area (Å²) in [7, 11) is 0. The molecule has 0 saturated carbocycles. The molecule has 0 amide bonds. The molecule has 1 N–H and O–H groups in total. The largest absolute Gasteiger partial charge is 0.476 e. The van der Waals surface area contributed by atoms with Crippen LogP contribution in [0, 0.1) is 27.7 Å². The summed E-state index contributed by atoms with van der Waals surface area (Å²) in [6.07, 6.45) is 0.651. The molecule has 202 valence electrons. The highest BCUT2D eigenvalue weighted by molar-refractivity contribution is 7.15. The molecule has 0 aliphatic rings. The number of carbonyl (C=O) groups is 1. The van der Waals surface area contributed by atoms with Gasteiger partial charge in [-0.3, -0.25) is 0 Å². The van der Waals surface area contributed by atoms with Crippen molar-refractivity contribution in [2.24, 2.45) is 0 Å². The van der Waals surface area contributed by atoms with Crippen LogP contribution in [0.15, 0.2) is 34.1 Å². The predicted octanol–water partition coefficient (Wildman–Crippen LogP) is 6.69. The molecule has 9 heteroatoms. The van der Waals surface area contributed by atoms with Crippen molar-refractivity contribution < 1.29 is 18.7 Å². The summed E-state index contributed by atoms with van der Waals surface area (Å²) >= 11 is 3.33. The highest BCUT2D eigenvalue weighted by Gasteiger charge is 2.32. The van der Waals surface area contributed by atoms with Crippen LogP contribution in [-0.4, -0.2) is 28.1 Å². The molecule has 4 aromatic rings. The second kappa shape index (κ2) is 11.8. The second-order valence-corrected chi connectivity index (χ2v) is 12.1. The Morgan fingerprint density at radius 3 is 2.47 bits per heavy atom. The molecular formula is C29H35N3O4S2. The van der Waals surface area contributed by atoms with Gasteiger partial charge in [-0.25, -0.2) is 14.8 Å². The summed E-state index contributed by atoms with van der Waals surface area (Å²) in [5.74, 6) is 1.86. The Morgan fingerprint density at radius 2 is 1.82 bits per heavy atom. The predicted molar refractivity (Wildman–Crippen MR) is 152 cm³/mol. The number of aryl methyl sites for hydroxylation is 4. The van der Waals surface area contributed by atoms with Gasteiger partial charge >= 0.3 is 5.97 Å². The lowest BCUT2D eigenvalue weighted by atomic mass is 10.0. The number of nitrogens with one attached hydrogen (secondary N) is 1. The van der Waals surface area contributed by atoms with Gasteiger partial charge in [0.25, 0.3) is 0 Å². The zero-order valence-corrected chi connectivity index (χ0v) is 24.7. The lowest BCUT2D eigenvalue weighted by molar-refractivity contribution is -0.158. The quantitative estimate of drug-likeness (QED) is 0.207. The van der Waals surface area contributed by atoms with Crippen LogP contribution >= 0.6 is 22.7 Å². The minimum Gasteiger partial charge on any atom is -0.476 e. The minimum absolute atomic E-state index is 0.324. The average Bonchev–Trinajstić information content (AvgIpc) is 3.57. The minimum atomic E-state index is -1.05. The Labute approximate surface area is 232 Å². The van der Waals surface area contributed by atoms with Gasteiger partial charge in [0.15, 0.2) is 5.60 Å². The van der Waals surface area contributed by atoms with E-state index in [2.05, 4.69) is 41.9 Å². The summed E-state index contributed by atoms with van der Waals surface area (Å²) in [6.45, 7) is 15.0. The molecule has 4 rings (SSSR count). The average molecular weight is 554 g/mol. The van der Waals surface area contributed by atoms with Crippen molar-refractivity contribution in [3.05, 3.63) is 73.4 Å². The molecule has 0 saturated heterocycles. The first-order chi connectivity index (χ1) is 18.1. The first kappa shape index (κ1) is 28.0. The fraction of sp³-hybridized carbons (Fsp3) is 0.414. The number of rotatable bonds is 11. The fourth-order valence-electron chi connectivity index (χ4n) is 4.15. The number of hydrogen-bond donors (Lipinski definition) is 1. The molecule has 0 unspecified atom stereocenters. The third kappa shape index (κ3) is 6.70. The lowest BCUT2D eigenvalue weighted by Gasteiger charge is -2.26. The van der Waals surface area contributed by atoms with E-state index in [1.807, 2.05) is 20.8 Å². The number of benzene rings is 1. The molecule has 0 bridgehead atoms. The molecule has 0 spiro atoms. The van der Waals surface area contributed by atoms with Crippen molar-refractivity contribution in [3.8, 4) is 16.5 Å². The van der Waals surface area contributed by atoms with Crippen LogP contribution in [0.25, 0.3) is 10.8 Å². The Bertz CT molecular complexity index is 1390. The zero-order valence-electron chi connectivity index (χ0n) is 23.1. The van der Waals surface area contributed by atoms with Crippen LogP contribution in [0.1, 0.15) is 64.5 Å². The monoisotopic (exact) mass is 553 g/mol. The van der Waals surface area contributed by atoms with Gasteiger partial charge in [0.2, 0.25) is 5.89 Å². The van der Waals surface area contributed by atoms with E-state index < -0.39 is 5.60 Å². The first-order valence-corrected chi connectivity index (χ1v) is 14.4. The number of thiazole rings is 1. The molecular weight excluding hydrogens is 518 g/mol. The normalized spacial score (nSPS) is 11.7. The van der Waals surface area contributed by atoms with Gasteiger partial charge in [-0.1, -0.05) is 12.1 Å². The van der Waals surface area contributed by atoms with Crippen molar-refractivity contribution in [1.82, 2.24) is 15.3 Å². The smallest absolute Gasteiger partial charge is 0.349 e. The van der Waals surface area contributed by atoms with E-state index >= 15 is 0 Å². The number of hydrogen-bond acceptors (Lipinski definition) is 9. The van der Waals surface area contributed by atoms with Crippen LogP contribution in [0.5, 0.6) is 5.75 Å². The van der Waals surface area contributed by atoms with Gasteiger partial charge in [-0.05, 0) is 77.3 Å². The maximum Gasteiger partial charge on any atom is 0.349 e. The molecule has 3 heterocycles. The molecule has 0 aliphatic carbocycles. The maximum atomic E-state index is 12.2. The van der Waals surface area contributed by atoms with E-state index in [0.29, 0.717) is 32.0 Å². The van der Waals surface area contributed by atoms with Gasteiger partial charge in [0.1, 0.15) is 16.5 Å². The third-order valence-corrected chi connectivity index (χ3v) is 7.93. The van der Waals surface area contributed by atoms with Gasteiger partial charge in [0.05, 0.1) is 22.9 Å².